The van der Waals surface area contributed by atoms with Crippen LogP contribution in [0.3, 0.4) is 0 Å². The van der Waals surface area contributed by atoms with Gasteiger partial charge in [0.05, 0.1) is 5.69 Å². The Morgan fingerprint density at radius 3 is 2.96 bits per heavy atom. The number of piperidine rings is 1. The Kier molecular flexibility index (Phi) is 5.13. The SMILES string of the molecule is CC1CCN(c2nc(C(C)NCc3cccs3)cc(=O)[nH]2)CC1. The van der Waals surface area contributed by atoms with Gasteiger partial charge in [-0.25, -0.2) is 4.98 Å². The molecule has 124 valence electrons. The second-order valence-corrected chi connectivity index (χ2v) is 7.38. The molecule has 2 aromatic rings. The molecule has 1 saturated heterocycles. The summed E-state index contributed by atoms with van der Waals surface area (Å²) < 4.78 is 0. The second-order valence-electron chi connectivity index (χ2n) is 6.35. The summed E-state index contributed by atoms with van der Waals surface area (Å²) in [4.78, 5) is 23.1. The molecule has 6 heteroatoms. The van der Waals surface area contributed by atoms with Crippen LogP contribution in [0.4, 0.5) is 5.95 Å². The highest BCUT2D eigenvalue weighted by molar-refractivity contribution is 7.09. The molecule has 1 fully saturated rings. The van der Waals surface area contributed by atoms with Crippen molar-refractivity contribution in [3.8, 4) is 0 Å². The Labute approximate surface area is 140 Å². The van der Waals surface area contributed by atoms with Crippen molar-refractivity contribution in [1.29, 1.82) is 0 Å². The molecule has 0 aromatic carbocycles. The van der Waals surface area contributed by atoms with Gasteiger partial charge in [0.2, 0.25) is 5.95 Å². The van der Waals surface area contributed by atoms with E-state index >= 15 is 0 Å². The van der Waals surface area contributed by atoms with Gasteiger partial charge < -0.3 is 10.2 Å². The quantitative estimate of drug-likeness (QED) is 0.884. The van der Waals surface area contributed by atoms with E-state index in [1.54, 1.807) is 17.4 Å². The summed E-state index contributed by atoms with van der Waals surface area (Å²) >= 11 is 1.73. The minimum absolute atomic E-state index is 0.0434. The largest absolute Gasteiger partial charge is 0.342 e. The summed E-state index contributed by atoms with van der Waals surface area (Å²) in [5.41, 5.74) is 0.729. The van der Waals surface area contributed by atoms with E-state index in [9.17, 15) is 4.79 Å². The first-order valence-electron chi connectivity index (χ1n) is 8.24. The zero-order valence-corrected chi connectivity index (χ0v) is 14.5. The molecule has 0 spiro atoms. The molecule has 1 aliphatic heterocycles. The van der Waals surface area contributed by atoms with E-state index in [1.165, 1.54) is 4.88 Å². The summed E-state index contributed by atoms with van der Waals surface area (Å²) in [6.45, 7) is 7.05. The number of nitrogens with one attached hydrogen (secondary N) is 2. The standard InChI is InChI=1S/C17H24N4OS/c1-12-5-7-21(8-6-12)17-19-15(10-16(22)20-17)13(2)18-11-14-4-3-9-23-14/h3-4,9-10,12-13,18H,5-8,11H2,1-2H3,(H,19,20,22). The van der Waals surface area contributed by atoms with Crippen LogP contribution in [-0.4, -0.2) is 23.1 Å². The minimum Gasteiger partial charge on any atom is -0.342 e. The molecule has 1 aliphatic rings. The number of nitrogens with zero attached hydrogens (tertiary/aromatic N) is 2. The Balaban J connectivity index is 1.70. The van der Waals surface area contributed by atoms with Crippen molar-refractivity contribution >= 4 is 17.3 Å². The maximum atomic E-state index is 12.0. The number of hydrogen-bond acceptors (Lipinski definition) is 5. The van der Waals surface area contributed by atoms with Crippen LogP contribution in [0.5, 0.6) is 0 Å². The summed E-state index contributed by atoms with van der Waals surface area (Å²) in [7, 11) is 0. The van der Waals surface area contributed by atoms with Crippen molar-refractivity contribution in [1.82, 2.24) is 15.3 Å². The van der Waals surface area contributed by atoms with Gasteiger partial charge in [-0.1, -0.05) is 13.0 Å². The lowest BCUT2D eigenvalue weighted by Gasteiger charge is -2.31. The smallest absolute Gasteiger partial charge is 0.252 e. The molecular weight excluding hydrogens is 308 g/mol. The molecule has 5 nitrogen and oxygen atoms in total. The van der Waals surface area contributed by atoms with Crippen molar-refractivity contribution in [2.75, 3.05) is 18.0 Å². The highest BCUT2D eigenvalue weighted by Gasteiger charge is 2.19. The predicted molar refractivity (Wildman–Crippen MR) is 95.0 cm³/mol. The van der Waals surface area contributed by atoms with Crippen molar-refractivity contribution in [2.45, 2.75) is 39.3 Å². The van der Waals surface area contributed by atoms with Crippen molar-refractivity contribution < 1.29 is 0 Å². The number of anilines is 1. The molecule has 1 atom stereocenters. The topological polar surface area (TPSA) is 61.0 Å². The van der Waals surface area contributed by atoms with E-state index in [2.05, 4.69) is 40.5 Å². The van der Waals surface area contributed by atoms with Gasteiger partial charge in [-0.05, 0) is 37.1 Å². The number of thiophene rings is 1. The van der Waals surface area contributed by atoms with Crippen LogP contribution in [0.15, 0.2) is 28.4 Å². The lowest BCUT2D eigenvalue weighted by molar-refractivity contribution is 0.433. The fraction of sp³-hybridized carbons (Fsp3) is 0.529. The van der Waals surface area contributed by atoms with E-state index in [-0.39, 0.29) is 11.6 Å². The Hall–Kier alpha value is -1.66. The third-order valence-electron chi connectivity index (χ3n) is 4.44. The molecule has 3 heterocycles. The molecule has 0 amide bonds. The van der Waals surface area contributed by atoms with Gasteiger partial charge in [0, 0.05) is 36.6 Å². The lowest BCUT2D eigenvalue weighted by Crippen LogP contribution is -2.35. The van der Waals surface area contributed by atoms with Gasteiger partial charge in [-0.15, -0.1) is 11.3 Å². The predicted octanol–water partition coefficient (Wildman–Crippen LogP) is 2.92. The molecule has 3 rings (SSSR count). The first kappa shape index (κ1) is 16.2. The molecule has 2 N–H and O–H groups in total. The fourth-order valence-corrected chi connectivity index (χ4v) is 3.48. The van der Waals surface area contributed by atoms with Crippen LogP contribution in [0, 0.1) is 5.92 Å². The summed E-state index contributed by atoms with van der Waals surface area (Å²) in [6.07, 6.45) is 2.31. The molecule has 0 saturated carbocycles. The van der Waals surface area contributed by atoms with Gasteiger partial charge in [0.1, 0.15) is 0 Å². The van der Waals surface area contributed by atoms with E-state index in [1.807, 2.05) is 6.07 Å². The maximum absolute atomic E-state index is 12.0. The van der Waals surface area contributed by atoms with Gasteiger partial charge in [-0.2, -0.15) is 0 Å². The van der Waals surface area contributed by atoms with Crippen molar-refractivity contribution in [3.63, 3.8) is 0 Å². The van der Waals surface area contributed by atoms with Crippen LogP contribution in [-0.2, 0) is 6.54 Å². The zero-order valence-electron chi connectivity index (χ0n) is 13.7. The third-order valence-corrected chi connectivity index (χ3v) is 5.31. The monoisotopic (exact) mass is 332 g/mol. The number of H-pyrrole nitrogens is 1. The van der Waals surface area contributed by atoms with Crippen LogP contribution >= 0.6 is 11.3 Å². The molecule has 23 heavy (non-hydrogen) atoms. The third kappa shape index (κ3) is 4.20. The van der Waals surface area contributed by atoms with E-state index in [4.69, 9.17) is 4.98 Å². The first-order valence-corrected chi connectivity index (χ1v) is 9.12. The average molecular weight is 332 g/mol. The zero-order chi connectivity index (χ0) is 16.2. The Morgan fingerprint density at radius 2 is 2.26 bits per heavy atom. The summed E-state index contributed by atoms with van der Waals surface area (Å²) in [6, 6.07) is 5.80. The van der Waals surface area contributed by atoms with Crippen LogP contribution < -0.4 is 15.8 Å². The number of hydrogen-bond donors (Lipinski definition) is 2. The van der Waals surface area contributed by atoms with Crippen LogP contribution in [0.1, 0.15) is 43.3 Å². The second kappa shape index (κ2) is 7.27. The van der Waals surface area contributed by atoms with Gasteiger partial charge >= 0.3 is 0 Å². The molecule has 0 radical (unpaired) electrons. The van der Waals surface area contributed by atoms with Gasteiger partial charge in [-0.3, -0.25) is 9.78 Å². The molecule has 0 bridgehead atoms. The molecule has 2 aromatic heterocycles. The van der Waals surface area contributed by atoms with Crippen molar-refractivity contribution in [3.05, 3.63) is 44.5 Å². The summed E-state index contributed by atoms with van der Waals surface area (Å²) in [5, 5.41) is 5.51. The normalized spacial score (nSPS) is 17.4. The van der Waals surface area contributed by atoms with Gasteiger partial charge in [0.15, 0.2) is 0 Å². The Bertz CT molecular complexity index is 674. The Morgan fingerprint density at radius 1 is 1.48 bits per heavy atom. The van der Waals surface area contributed by atoms with E-state index in [0.29, 0.717) is 5.95 Å². The van der Waals surface area contributed by atoms with E-state index in [0.717, 1.165) is 44.1 Å². The number of aromatic amines is 1. The van der Waals surface area contributed by atoms with E-state index < -0.39 is 0 Å². The molecular formula is C17H24N4OS. The lowest BCUT2D eigenvalue weighted by atomic mass is 10.00. The molecule has 1 unspecified atom stereocenters. The van der Waals surface area contributed by atoms with Crippen LogP contribution in [0.2, 0.25) is 0 Å². The maximum Gasteiger partial charge on any atom is 0.252 e. The molecule has 0 aliphatic carbocycles. The fourth-order valence-electron chi connectivity index (χ4n) is 2.83. The highest BCUT2D eigenvalue weighted by Crippen LogP contribution is 2.20. The van der Waals surface area contributed by atoms with Gasteiger partial charge in [0.25, 0.3) is 5.56 Å². The number of rotatable bonds is 5. The number of aromatic nitrogens is 2. The van der Waals surface area contributed by atoms with Crippen molar-refractivity contribution in [2.24, 2.45) is 5.92 Å². The highest BCUT2D eigenvalue weighted by atomic mass is 32.1. The van der Waals surface area contributed by atoms with Crippen LogP contribution in [0.25, 0.3) is 0 Å². The minimum atomic E-state index is -0.0756. The first-order chi connectivity index (χ1) is 11.1. The average Bonchev–Trinajstić information content (AvgIpc) is 3.06. The summed E-state index contributed by atoms with van der Waals surface area (Å²) in [5.74, 6) is 1.47.